The summed E-state index contributed by atoms with van der Waals surface area (Å²) in [5, 5.41) is 3.99. The minimum Gasteiger partial charge on any atom is -0.324 e. The number of aromatic nitrogens is 2. The lowest BCUT2D eigenvalue weighted by Gasteiger charge is -2.08. The summed E-state index contributed by atoms with van der Waals surface area (Å²) in [5.74, 6) is 1.16. The van der Waals surface area contributed by atoms with E-state index in [1.807, 2.05) is 25.2 Å². The fourth-order valence-corrected chi connectivity index (χ4v) is 2.55. The zero-order chi connectivity index (χ0) is 11.8. The molecule has 0 bridgehead atoms. The van der Waals surface area contributed by atoms with E-state index in [-0.39, 0.29) is 0 Å². The van der Waals surface area contributed by atoms with Crippen LogP contribution in [0, 0.1) is 0 Å². The first-order chi connectivity index (χ1) is 8.31. The van der Waals surface area contributed by atoms with Crippen LogP contribution < -0.4 is 5.32 Å². The first-order valence-electron chi connectivity index (χ1n) is 6.11. The molecule has 1 N–H and O–H groups in total. The number of hydrogen-bond acceptors (Lipinski definition) is 2. The summed E-state index contributed by atoms with van der Waals surface area (Å²) in [6.07, 6.45) is 3.46. The Hall–Kier alpha value is -1.06. The Morgan fingerprint density at radius 1 is 1.47 bits per heavy atom. The third-order valence-electron chi connectivity index (χ3n) is 3.24. The molecule has 1 fully saturated rings. The summed E-state index contributed by atoms with van der Waals surface area (Å²) in [5.41, 5.74) is 2.14. The minimum absolute atomic E-state index is 0.617. The highest BCUT2D eigenvalue weighted by Crippen LogP contribution is 2.40. The smallest absolute Gasteiger partial charge is 0.111 e. The molecule has 0 radical (unpaired) electrons. The minimum atomic E-state index is 0.617. The van der Waals surface area contributed by atoms with Crippen molar-refractivity contribution >= 4 is 22.6 Å². The number of likely N-dealkylation sites (N-methyl/N-ethyl adjacent to an activating group) is 1. The van der Waals surface area contributed by atoms with Gasteiger partial charge in [-0.15, -0.1) is 0 Å². The van der Waals surface area contributed by atoms with Crippen molar-refractivity contribution in [3.05, 3.63) is 29.0 Å². The maximum atomic E-state index is 6.30. The number of para-hydroxylation sites is 1. The molecule has 0 spiro atoms. The van der Waals surface area contributed by atoms with Crippen LogP contribution in [0.15, 0.2) is 18.2 Å². The van der Waals surface area contributed by atoms with Gasteiger partial charge in [-0.05, 0) is 32.0 Å². The summed E-state index contributed by atoms with van der Waals surface area (Å²) in [4.78, 5) is 4.71. The zero-order valence-corrected chi connectivity index (χ0v) is 10.7. The molecule has 0 amide bonds. The lowest BCUT2D eigenvalue weighted by molar-refractivity contribution is 0.670. The number of halogens is 1. The molecule has 3 rings (SSSR count). The molecule has 2 aromatic rings. The van der Waals surface area contributed by atoms with Crippen LogP contribution in [0.1, 0.15) is 24.7 Å². The van der Waals surface area contributed by atoms with Gasteiger partial charge in [0.05, 0.1) is 16.1 Å². The van der Waals surface area contributed by atoms with Crippen molar-refractivity contribution in [1.82, 2.24) is 14.9 Å². The van der Waals surface area contributed by atoms with Crippen molar-refractivity contribution in [3.8, 4) is 0 Å². The summed E-state index contributed by atoms with van der Waals surface area (Å²) in [6, 6.07) is 6.58. The predicted octanol–water partition coefficient (Wildman–Crippen LogP) is 2.79. The Labute approximate surface area is 106 Å². The average Bonchev–Trinajstić information content (AvgIpc) is 3.08. The molecule has 17 heavy (non-hydrogen) atoms. The van der Waals surface area contributed by atoms with E-state index in [0.29, 0.717) is 6.04 Å². The molecular weight excluding hydrogens is 234 g/mol. The van der Waals surface area contributed by atoms with Crippen molar-refractivity contribution in [2.45, 2.75) is 25.3 Å². The molecule has 0 saturated heterocycles. The molecule has 0 unspecified atom stereocenters. The summed E-state index contributed by atoms with van der Waals surface area (Å²) in [7, 11) is 1.97. The van der Waals surface area contributed by atoms with E-state index >= 15 is 0 Å². The normalized spacial score (nSPS) is 15.6. The molecular formula is C13H16ClN3. The molecule has 1 aromatic carbocycles. The first kappa shape index (κ1) is 11.1. The number of nitrogens with one attached hydrogen (secondary N) is 1. The number of imidazole rings is 1. The molecule has 90 valence electrons. The van der Waals surface area contributed by atoms with Crippen molar-refractivity contribution in [3.63, 3.8) is 0 Å². The third-order valence-corrected chi connectivity index (χ3v) is 3.55. The van der Waals surface area contributed by atoms with Gasteiger partial charge in [-0.3, -0.25) is 0 Å². The largest absolute Gasteiger partial charge is 0.324 e. The van der Waals surface area contributed by atoms with Crippen LogP contribution in [-0.4, -0.2) is 23.1 Å². The topological polar surface area (TPSA) is 29.9 Å². The number of nitrogens with zero attached hydrogens (tertiary/aromatic N) is 2. The highest BCUT2D eigenvalue weighted by Gasteiger charge is 2.28. The van der Waals surface area contributed by atoms with E-state index < -0.39 is 0 Å². The van der Waals surface area contributed by atoms with Gasteiger partial charge in [0.15, 0.2) is 0 Å². The van der Waals surface area contributed by atoms with Gasteiger partial charge in [-0.2, -0.15) is 0 Å². The van der Waals surface area contributed by atoms with Crippen molar-refractivity contribution < 1.29 is 0 Å². The van der Waals surface area contributed by atoms with E-state index in [1.165, 1.54) is 12.8 Å². The van der Waals surface area contributed by atoms with Crippen LogP contribution in [0.25, 0.3) is 11.0 Å². The van der Waals surface area contributed by atoms with Gasteiger partial charge < -0.3 is 9.88 Å². The van der Waals surface area contributed by atoms with Crippen LogP contribution in [-0.2, 0) is 6.42 Å². The highest BCUT2D eigenvalue weighted by atomic mass is 35.5. The lowest BCUT2D eigenvalue weighted by atomic mass is 10.3. The lowest BCUT2D eigenvalue weighted by Crippen LogP contribution is -2.13. The second-order valence-electron chi connectivity index (χ2n) is 4.59. The van der Waals surface area contributed by atoms with Crippen LogP contribution in [0.4, 0.5) is 0 Å². The van der Waals surface area contributed by atoms with E-state index in [1.54, 1.807) is 0 Å². The van der Waals surface area contributed by atoms with Crippen molar-refractivity contribution in [2.75, 3.05) is 13.6 Å². The Balaban J connectivity index is 2.14. The molecule has 4 heteroatoms. The first-order valence-corrected chi connectivity index (χ1v) is 6.49. The molecule has 1 aliphatic rings. The third kappa shape index (κ3) is 1.94. The zero-order valence-electron chi connectivity index (χ0n) is 9.91. The van der Waals surface area contributed by atoms with E-state index in [4.69, 9.17) is 16.6 Å². The van der Waals surface area contributed by atoms with Crippen LogP contribution in [0.3, 0.4) is 0 Å². The number of hydrogen-bond donors (Lipinski definition) is 1. The number of rotatable bonds is 4. The standard InChI is InChI=1S/C13H16ClN3/c1-15-8-7-12-16-11-4-2-3-10(14)13(11)17(12)9-5-6-9/h2-4,9,15H,5-8H2,1H3. The Kier molecular flexibility index (Phi) is 2.81. The molecule has 1 aromatic heterocycles. The maximum Gasteiger partial charge on any atom is 0.111 e. The predicted molar refractivity (Wildman–Crippen MR) is 70.6 cm³/mol. The quantitative estimate of drug-likeness (QED) is 0.903. The molecule has 0 atom stereocenters. The van der Waals surface area contributed by atoms with Gasteiger partial charge in [-0.25, -0.2) is 4.98 Å². The Morgan fingerprint density at radius 3 is 3.00 bits per heavy atom. The van der Waals surface area contributed by atoms with Gasteiger partial charge in [-0.1, -0.05) is 17.7 Å². The summed E-state index contributed by atoms with van der Waals surface area (Å²) >= 11 is 6.30. The molecule has 1 heterocycles. The van der Waals surface area contributed by atoms with Crippen molar-refractivity contribution in [2.24, 2.45) is 0 Å². The second kappa shape index (κ2) is 4.31. The average molecular weight is 250 g/mol. The molecule has 1 saturated carbocycles. The fraction of sp³-hybridized carbons (Fsp3) is 0.462. The van der Waals surface area contributed by atoms with Crippen molar-refractivity contribution in [1.29, 1.82) is 0 Å². The van der Waals surface area contributed by atoms with E-state index in [9.17, 15) is 0 Å². The Morgan fingerprint density at radius 2 is 2.29 bits per heavy atom. The van der Waals surface area contributed by atoms with Gasteiger partial charge >= 0.3 is 0 Å². The van der Waals surface area contributed by atoms with Crippen LogP contribution in [0.5, 0.6) is 0 Å². The monoisotopic (exact) mass is 249 g/mol. The van der Waals surface area contributed by atoms with E-state index in [2.05, 4.69) is 9.88 Å². The van der Waals surface area contributed by atoms with Gasteiger partial charge in [0.2, 0.25) is 0 Å². The molecule has 1 aliphatic carbocycles. The summed E-state index contributed by atoms with van der Waals surface area (Å²) < 4.78 is 2.34. The van der Waals surface area contributed by atoms with Gasteiger partial charge in [0, 0.05) is 19.0 Å². The van der Waals surface area contributed by atoms with Crippen LogP contribution in [0.2, 0.25) is 5.02 Å². The SMILES string of the molecule is CNCCc1nc2cccc(Cl)c2n1C1CC1. The number of fused-ring (bicyclic) bond motifs is 1. The van der Waals surface area contributed by atoms with Crippen LogP contribution >= 0.6 is 11.6 Å². The molecule has 3 nitrogen and oxygen atoms in total. The summed E-state index contributed by atoms with van der Waals surface area (Å²) in [6.45, 7) is 0.952. The van der Waals surface area contributed by atoms with E-state index in [0.717, 1.165) is 34.8 Å². The van der Waals surface area contributed by atoms with Gasteiger partial charge in [0.1, 0.15) is 5.82 Å². The molecule has 0 aliphatic heterocycles. The Bertz CT molecular complexity index is 543. The maximum absolute atomic E-state index is 6.30. The fourth-order valence-electron chi connectivity index (χ4n) is 2.29. The number of benzene rings is 1. The highest BCUT2D eigenvalue weighted by molar-refractivity contribution is 6.35. The second-order valence-corrected chi connectivity index (χ2v) is 5.00. The van der Waals surface area contributed by atoms with Gasteiger partial charge in [0.25, 0.3) is 0 Å².